The van der Waals surface area contributed by atoms with Crippen LogP contribution in [0, 0.1) is 0 Å². The summed E-state index contributed by atoms with van der Waals surface area (Å²) in [6, 6.07) is 13.9. The van der Waals surface area contributed by atoms with Crippen molar-refractivity contribution in [1.29, 1.82) is 0 Å². The van der Waals surface area contributed by atoms with Crippen molar-refractivity contribution in [3.8, 4) is 0 Å². The Kier molecular flexibility index (Phi) is 4.36. The molecule has 3 nitrogen and oxygen atoms in total. The lowest BCUT2D eigenvalue weighted by atomic mass is 9.98. The van der Waals surface area contributed by atoms with Crippen LogP contribution in [0.4, 0.5) is 0 Å². The van der Waals surface area contributed by atoms with Crippen molar-refractivity contribution >= 4 is 21.8 Å². The molecule has 0 unspecified atom stereocenters. The normalized spacial score (nSPS) is 13.6. The van der Waals surface area contributed by atoms with Crippen molar-refractivity contribution < 1.29 is 4.79 Å². The second-order valence-corrected chi connectivity index (χ2v) is 6.14. The number of carbonyl (C=O) groups excluding carboxylic acids is 1. The van der Waals surface area contributed by atoms with E-state index in [1.165, 1.54) is 11.1 Å². The van der Waals surface area contributed by atoms with Gasteiger partial charge in [0, 0.05) is 23.1 Å². The smallest absolute Gasteiger partial charge is 0.251 e. The highest BCUT2D eigenvalue weighted by Crippen LogP contribution is 2.16. The Hall–Kier alpha value is -1.65. The molecule has 3 rings (SSSR count). The van der Waals surface area contributed by atoms with Gasteiger partial charge in [0.1, 0.15) is 0 Å². The van der Waals surface area contributed by atoms with Crippen molar-refractivity contribution in [2.24, 2.45) is 0 Å². The number of amides is 1. The van der Waals surface area contributed by atoms with Gasteiger partial charge in [-0.05, 0) is 53.9 Å². The molecular weight excluding hydrogens is 328 g/mol. The van der Waals surface area contributed by atoms with E-state index in [1.54, 1.807) is 0 Å². The summed E-state index contributed by atoms with van der Waals surface area (Å²) in [7, 11) is 0. The van der Waals surface area contributed by atoms with E-state index < -0.39 is 0 Å². The predicted octanol–water partition coefficient (Wildman–Crippen LogP) is 3.02. The number of carbonyl (C=O) groups is 1. The molecule has 1 amide bonds. The van der Waals surface area contributed by atoms with Gasteiger partial charge in [-0.3, -0.25) is 4.79 Å². The Labute approximate surface area is 132 Å². The molecule has 2 N–H and O–H groups in total. The Bertz CT molecular complexity index is 652. The molecule has 1 aliphatic rings. The van der Waals surface area contributed by atoms with E-state index in [0.29, 0.717) is 6.54 Å². The standard InChI is InChI=1S/C17H17BrN2O/c18-16-5-1-12(2-6-16)10-20-17(21)14-4-3-13-7-8-19-11-15(13)9-14/h1-6,9,19H,7-8,10-11H2,(H,20,21). The van der Waals surface area contributed by atoms with Crippen LogP contribution in [0.2, 0.25) is 0 Å². The molecule has 0 saturated carbocycles. The minimum absolute atomic E-state index is 0.0220. The van der Waals surface area contributed by atoms with Crippen molar-refractivity contribution in [1.82, 2.24) is 10.6 Å². The number of hydrogen-bond acceptors (Lipinski definition) is 2. The van der Waals surface area contributed by atoms with E-state index in [0.717, 1.165) is 35.1 Å². The van der Waals surface area contributed by atoms with Crippen LogP contribution in [0.25, 0.3) is 0 Å². The summed E-state index contributed by atoms with van der Waals surface area (Å²) >= 11 is 3.40. The van der Waals surface area contributed by atoms with Gasteiger partial charge in [-0.25, -0.2) is 0 Å². The predicted molar refractivity (Wildman–Crippen MR) is 87.2 cm³/mol. The number of nitrogens with one attached hydrogen (secondary N) is 2. The first kappa shape index (κ1) is 14.3. The summed E-state index contributed by atoms with van der Waals surface area (Å²) in [5, 5.41) is 6.30. The van der Waals surface area contributed by atoms with Gasteiger partial charge in [0.2, 0.25) is 0 Å². The first-order chi connectivity index (χ1) is 10.2. The quantitative estimate of drug-likeness (QED) is 0.898. The molecule has 0 bridgehead atoms. The fourth-order valence-electron chi connectivity index (χ4n) is 2.51. The SMILES string of the molecule is O=C(NCc1ccc(Br)cc1)c1ccc2c(c1)CNCC2. The summed E-state index contributed by atoms with van der Waals surface area (Å²) in [5.41, 5.74) is 4.40. The van der Waals surface area contributed by atoms with Crippen LogP contribution in [0.15, 0.2) is 46.9 Å². The van der Waals surface area contributed by atoms with Crippen molar-refractivity contribution in [3.05, 3.63) is 69.2 Å². The molecule has 0 fully saturated rings. The van der Waals surface area contributed by atoms with E-state index in [2.05, 4.69) is 32.6 Å². The molecule has 0 spiro atoms. The Morgan fingerprint density at radius 3 is 2.76 bits per heavy atom. The maximum absolute atomic E-state index is 12.2. The van der Waals surface area contributed by atoms with Crippen LogP contribution < -0.4 is 10.6 Å². The van der Waals surface area contributed by atoms with Gasteiger partial charge in [0.25, 0.3) is 5.91 Å². The molecule has 2 aromatic rings. The summed E-state index contributed by atoms with van der Waals surface area (Å²) in [6.45, 7) is 2.41. The minimum atomic E-state index is -0.0220. The van der Waals surface area contributed by atoms with Gasteiger partial charge < -0.3 is 10.6 Å². The summed E-state index contributed by atoms with van der Waals surface area (Å²) < 4.78 is 1.04. The van der Waals surface area contributed by atoms with Crippen molar-refractivity contribution in [2.75, 3.05) is 6.54 Å². The van der Waals surface area contributed by atoms with Crippen molar-refractivity contribution in [2.45, 2.75) is 19.5 Å². The average Bonchev–Trinajstić information content (AvgIpc) is 2.53. The molecule has 0 saturated heterocycles. The fourth-order valence-corrected chi connectivity index (χ4v) is 2.77. The monoisotopic (exact) mass is 344 g/mol. The molecule has 0 atom stereocenters. The van der Waals surface area contributed by atoms with Crippen LogP contribution in [-0.2, 0) is 19.5 Å². The van der Waals surface area contributed by atoms with Crippen LogP contribution in [0.1, 0.15) is 27.0 Å². The largest absolute Gasteiger partial charge is 0.348 e. The number of halogens is 1. The zero-order valence-electron chi connectivity index (χ0n) is 11.7. The van der Waals surface area contributed by atoms with E-state index >= 15 is 0 Å². The van der Waals surface area contributed by atoms with E-state index in [9.17, 15) is 4.79 Å². The van der Waals surface area contributed by atoms with Crippen LogP contribution in [-0.4, -0.2) is 12.5 Å². The third-order valence-corrected chi connectivity index (χ3v) is 4.25. The van der Waals surface area contributed by atoms with E-state index in [4.69, 9.17) is 0 Å². The van der Waals surface area contributed by atoms with Gasteiger partial charge in [0.05, 0.1) is 0 Å². The second-order valence-electron chi connectivity index (χ2n) is 5.22. The first-order valence-corrected chi connectivity index (χ1v) is 7.87. The third kappa shape index (κ3) is 3.52. The zero-order chi connectivity index (χ0) is 14.7. The lowest BCUT2D eigenvalue weighted by Gasteiger charge is -2.17. The van der Waals surface area contributed by atoms with Gasteiger partial charge in [-0.15, -0.1) is 0 Å². The molecule has 0 aromatic heterocycles. The maximum Gasteiger partial charge on any atom is 0.251 e. The van der Waals surface area contributed by atoms with Crippen LogP contribution in [0.3, 0.4) is 0 Å². The highest BCUT2D eigenvalue weighted by Gasteiger charge is 2.12. The summed E-state index contributed by atoms with van der Waals surface area (Å²) in [5.74, 6) is -0.0220. The topological polar surface area (TPSA) is 41.1 Å². The molecule has 0 radical (unpaired) electrons. The van der Waals surface area contributed by atoms with E-state index in [-0.39, 0.29) is 5.91 Å². The molecular formula is C17H17BrN2O. The molecule has 2 aromatic carbocycles. The molecule has 0 aliphatic carbocycles. The maximum atomic E-state index is 12.2. The second kappa shape index (κ2) is 6.41. The first-order valence-electron chi connectivity index (χ1n) is 7.07. The average molecular weight is 345 g/mol. The number of rotatable bonds is 3. The van der Waals surface area contributed by atoms with Gasteiger partial charge in [-0.2, -0.15) is 0 Å². The number of benzene rings is 2. The minimum Gasteiger partial charge on any atom is -0.348 e. The molecule has 1 aliphatic heterocycles. The number of fused-ring (bicyclic) bond motifs is 1. The van der Waals surface area contributed by atoms with Gasteiger partial charge in [-0.1, -0.05) is 34.1 Å². The Balaban J connectivity index is 1.66. The zero-order valence-corrected chi connectivity index (χ0v) is 13.2. The molecule has 21 heavy (non-hydrogen) atoms. The van der Waals surface area contributed by atoms with Crippen LogP contribution in [0.5, 0.6) is 0 Å². The van der Waals surface area contributed by atoms with Gasteiger partial charge >= 0.3 is 0 Å². The lowest BCUT2D eigenvalue weighted by Crippen LogP contribution is -2.26. The van der Waals surface area contributed by atoms with Crippen LogP contribution >= 0.6 is 15.9 Å². The number of hydrogen-bond donors (Lipinski definition) is 2. The molecule has 4 heteroatoms. The summed E-state index contributed by atoms with van der Waals surface area (Å²) in [6.07, 6.45) is 1.04. The summed E-state index contributed by atoms with van der Waals surface area (Å²) in [4.78, 5) is 12.2. The highest BCUT2D eigenvalue weighted by molar-refractivity contribution is 9.10. The molecule has 108 valence electrons. The highest BCUT2D eigenvalue weighted by atomic mass is 79.9. The third-order valence-electron chi connectivity index (χ3n) is 3.72. The Morgan fingerprint density at radius 1 is 1.14 bits per heavy atom. The molecule has 1 heterocycles. The van der Waals surface area contributed by atoms with Gasteiger partial charge in [0.15, 0.2) is 0 Å². The van der Waals surface area contributed by atoms with E-state index in [1.807, 2.05) is 36.4 Å². The Morgan fingerprint density at radius 2 is 1.95 bits per heavy atom. The fraction of sp³-hybridized carbons (Fsp3) is 0.235. The van der Waals surface area contributed by atoms with Crippen molar-refractivity contribution in [3.63, 3.8) is 0 Å². The lowest BCUT2D eigenvalue weighted by molar-refractivity contribution is 0.0951.